The van der Waals surface area contributed by atoms with Crippen LogP contribution < -0.4 is 4.74 Å². The molecular weight excluding hydrogens is 424 g/mol. The van der Waals surface area contributed by atoms with Crippen molar-refractivity contribution in [3.63, 3.8) is 0 Å². The van der Waals surface area contributed by atoms with Crippen LogP contribution in [-0.4, -0.2) is 43.5 Å². The number of H-pyrrole nitrogens is 1. The van der Waals surface area contributed by atoms with Gasteiger partial charge in [0.15, 0.2) is 9.84 Å². The molecule has 0 radical (unpaired) electrons. The van der Waals surface area contributed by atoms with Crippen molar-refractivity contribution in [3.05, 3.63) is 53.9 Å². The molecule has 1 atom stereocenters. The summed E-state index contributed by atoms with van der Waals surface area (Å²) in [6.45, 7) is 4.19. The second-order valence-corrected chi connectivity index (χ2v) is 11.1. The van der Waals surface area contributed by atoms with Crippen molar-refractivity contribution in [2.75, 3.05) is 19.8 Å². The molecule has 2 aromatic heterocycles. The van der Waals surface area contributed by atoms with Gasteiger partial charge < -0.3 is 14.5 Å². The summed E-state index contributed by atoms with van der Waals surface area (Å²) in [7, 11) is -3.18. The first kappa shape index (κ1) is 21.5. The molecule has 2 fully saturated rings. The fourth-order valence-electron chi connectivity index (χ4n) is 4.71. The lowest BCUT2D eigenvalue weighted by Gasteiger charge is -2.26. The predicted octanol–water partition coefficient (Wildman–Crippen LogP) is 4.85. The Kier molecular flexibility index (Phi) is 5.95. The molecule has 32 heavy (non-hydrogen) atoms. The smallest absolute Gasteiger partial charge is 0.181 e. The Hall–Kier alpha value is -2.38. The molecule has 1 saturated heterocycles. The maximum absolute atomic E-state index is 12.6. The summed E-state index contributed by atoms with van der Waals surface area (Å²) in [6, 6.07) is 11.6. The van der Waals surface area contributed by atoms with Crippen LogP contribution in [0.2, 0.25) is 0 Å². The predicted molar refractivity (Wildman–Crippen MR) is 124 cm³/mol. The molecule has 0 amide bonds. The third-order valence-electron chi connectivity index (χ3n) is 6.67. The van der Waals surface area contributed by atoms with Crippen LogP contribution in [0.1, 0.15) is 56.2 Å². The molecule has 170 valence electrons. The summed E-state index contributed by atoms with van der Waals surface area (Å²) in [5.74, 6) is 1.52. The number of pyridine rings is 1. The Morgan fingerprint density at radius 1 is 1.12 bits per heavy atom. The number of aromatic nitrogens is 2. The minimum atomic E-state index is -3.18. The number of hydrogen-bond acceptors (Lipinski definition) is 5. The lowest BCUT2D eigenvalue weighted by atomic mass is 9.83. The highest BCUT2D eigenvalue weighted by atomic mass is 32.2. The Morgan fingerprint density at radius 2 is 1.88 bits per heavy atom. The van der Waals surface area contributed by atoms with Gasteiger partial charge in [-0.2, -0.15) is 0 Å². The van der Waals surface area contributed by atoms with E-state index in [9.17, 15) is 8.42 Å². The molecule has 0 bridgehead atoms. The van der Waals surface area contributed by atoms with E-state index in [1.165, 1.54) is 0 Å². The summed E-state index contributed by atoms with van der Waals surface area (Å²) in [6.07, 6.45) is 6.40. The lowest BCUT2D eigenvalue weighted by molar-refractivity contribution is 0.0626. The van der Waals surface area contributed by atoms with Crippen LogP contribution in [0.15, 0.2) is 47.5 Å². The second kappa shape index (κ2) is 8.87. The van der Waals surface area contributed by atoms with Gasteiger partial charge in [0.05, 0.1) is 22.1 Å². The van der Waals surface area contributed by atoms with Gasteiger partial charge in [-0.3, -0.25) is 0 Å². The zero-order valence-electron chi connectivity index (χ0n) is 18.4. The number of fused-ring (bicyclic) bond motifs is 1. The van der Waals surface area contributed by atoms with E-state index in [1.807, 2.05) is 25.1 Å². The van der Waals surface area contributed by atoms with E-state index < -0.39 is 9.84 Å². The molecular formula is C25H30N2O4S. The summed E-state index contributed by atoms with van der Waals surface area (Å²) < 4.78 is 36.6. The standard InChI is InChI=1S/C25H30N2O4S/c1-2-31-24-9-12-26-25-22(24)16-23(27-25)21(15-17-10-13-30-14-11-17)18-3-5-19(6-4-18)32(28,29)20-7-8-20/h3-6,9,12,16-17,20-21H,2,7-8,10-11,13-15H2,1H3,(H,26,27). The molecule has 1 aliphatic heterocycles. The fourth-order valence-corrected chi connectivity index (χ4v) is 6.37. The minimum Gasteiger partial charge on any atom is -0.493 e. The van der Waals surface area contributed by atoms with Crippen LogP contribution in [0, 0.1) is 5.92 Å². The highest BCUT2D eigenvalue weighted by Crippen LogP contribution is 2.38. The van der Waals surface area contributed by atoms with Gasteiger partial charge in [0.1, 0.15) is 11.4 Å². The fraction of sp³-hybridized carbons (Fsp3) is 0.480. The second-order valence-electron chi connectivity index (χ2n) is 8.89. The normalized spacial score (nSPS) is 18.7. The van der Waals surface area contributed by atoms with Crippen LogP contribution in [0.5, 0.6) is 5.75 Å². The topological polar surface area (TPSA) is 81.3 Å². The van der Waals surface area contributed by atoms with Gasteiger partial charge in [0.25, 0.3) is 0 Å². The van der Waals surface area contributed by atoms with Gasteiger partial charge in [-0.25, -0.2) is 13.4 Å². The van der Waals surface area contributed by atoms with Gasteiger partial charge in [-0.05, 0) is 74.8 Å². The molecule has 3 aromatic rings. The minimum absolute atomic E-state index is 0.124. The Balaban J connectivity index is 1.50. The molecule has 0 spiro atoms. The molecule has 1 aromatic carbocycles. The van der Waals surface area contributed by atoms with Gasteiger partial charge in [0, 0.05) is 31.0 Å². The Bertz CT molecular complexity index is 1180. The van der Waals surface area contributed by atoms with E-state index in [1.54, 1.807) is 18.3 Å². The summed E-state index contributed by atoms with van der Waals surface area (Å²) in [5, 5.41) is 0.789. The largest absolute Gasteiger partial charge is 0.493 e. The number of sulfone groups is 1. The molecule has 1 N–H and O–H groups in total. The third kappa shape index (κ3) is 4.28. The zero-order valence-corrected chi connectivity index (χ0v) is 19.2. The van der Waals surface area contributed by atoms with E-state index in [-0.39, 0.29) is 11.2 Å². The van der Waals surface area contributed by atoms with Crippen molar-refractivity contribution in [1.82, 2.24) is 9.97 Å². The third-order valence-corrected chi connectivity index (χ3v) is 8.95. The first-order valence-electron chi connectivity index (χ1n) is 11.6. The van der Waals surface area contributed by atoms with Crippen LogP contribution in [-0.2, 0) is 14.6 Å². The quantitative estimate of drug-likeness (QED) is 0.526. The SMILES string of the molecule is CCOc1ccnc2[nH]c(C(CC3CCOCC3)c3ccc(S(=O)(=O)C4CC4)cc3)cc12. The maximum atomic E-state index is 12.6. The van der Waals surface area contributed by atoms with Crippen molar-refractivity contribution in [2.45, 2.75) is 55.1 Å². The first-order chi connectivity index (χ1) is 15.6. The van der Waals surface area contributed by atoms with Crippen LogP contribution >= 0.6 is 0 Å². The van der Waals surface area contributed by atoms with Gasteiger partial charge in [0.2, 0.25) is 0 Å². The van der Waals surface area contributed by atoms with E-state index in [0.29, 0.717) is 17.4 Å². The summed E-state index contributed by atoms with van der Waals surface area (Å²) >= 11 is 0. The molecule has 1 aliphatic carbocycles. The van der Waals surface area contributed by atoms with Gasteiger partial charge >= 0.3 is 0 Å². The molecule has 7 heteroatoms. The van der Waals surface area contributed by atoms with E-state index >= 15 is 0 Å². The number of nitrogens with zero attached hydrogens (tertiary/aromatic N) is 1. The molecule has 1 unspecified atom stereocenters. The number of rotatable bonds is 8. The number of nitrogens with one attached hydrogen (secondary N) is 1. The van der Waals surface area contributed by atoms with E-state index in [2.05, 4.69) is 16.0 Å². The highest BCUT2D eigenvalue weighted by molar-refractivity contribution is 7.92. The van der Waals surface area contributed by atoms with Gasteiger partial charge in [-0.15, -0.1) is 0 Å². The molecule has 3 heterocycles. The van der Waals surface area contributed by atoms with Gasteiger partial charge in [-0.1, -0.05) is 12.1 Å². The monoisotopic (exact) mass is 454 g/mol. The van der Waals surface area contributed by atoms with Crippen molar-refractivity contribution in [1.29, 1.82) is 0 Å². The Labute approximate surface area is 189 Å². The van der Waals surface area contributed by atoms with E-state index in [4.69, 9.17) is 9.47 Å². The molecule has 5 rings (SSSR count). The number of ether oxygens (including phenoxy) is 2. The molecule has 6 nitrogen and oxygen atoms in total. The number of aromatic amines is 1. The van der Waals surface area contributed by atoms with Crippen LogP contribution in [0.4, 0.5) is 0 Å². The van der Waals surface area contributed by atoms with Crippen LogP contribution in [0.25, 0.3) is 11.0 Å². The summed E-state index contributed by atoms with van der Waals surface area (Å²) in [4.78, 5) is 8.46. The lowest BCUT2D eigenvalue weighted by Crippen LogP contribution is -2.19. The molecule has 1 saturated carbocycles. The Morgan fingerprint density at radius 3 is 2.56 bits per heavy atom. The maximum Gasteiger partial charge on any atom is 0.181 e. The highest BCUT2D eigenvalue weighted by Gasteiger charge is 2.37. The molecule has 2 aliphatic rings. The average molecular weight is 455 g/mol. The summed E-state index contributed by atoms with van der Waals surface area (Å²) in [5.41, 5.74) is 3.02. The van der Waals surface area contributed by atoms with Crippen molar-refractivity contribution in [2.24, 2.45) is 5.92 Å². The first-order valence-corrected chi connectivity index (χ1v) is 13.1. The van der Waals surface area contributed by atoms with E-state index in [0.717, 1.165) is 73.4 Å². The van der Waals surface area contributed by atoms with Crippen molar-refractivity contribution in [3.8, 4) is 5.75 Å². The van der Waals surface area contributed by atoms with Crippen LogP contribution in [0.3, 0.4) is 0 Å². The average Bonchev–Trinajstić information content (AvgIpc) is 3.59. The van der Waals surface area contributed by atoms with Crippen molar-refractivity contribution >= 4 is 20.9 Å². The zero-order chi connectivity index (χ0) is 22.1. The number of hydrogen-bond donors (Lipinski definition) is 1. The number of benzene rings is 1. The van der Waals surface area contributed by atoms with Crippen molar-refractivity contribution < 1.29 is 17.9 Å².